The second-order valence-electron chi connectivity index (χ2n) is 2.64. The predicted octanol–water partition coefficient (Wildman–Crippen LogP) is 0.972. The van der Waals surface area contributed by atoms with E-state index in [1.807, 2.05) is 11.8 Å². The molecule has 1 saturated heterocycles. The maximum atomic E-state index is 12.1. The summed E-state index contributed by atoms with van der Waals surface area (Å²) in [7, 11) is 0. The highest BCUT2D eigenvalue weighted by Gasteiger charge is 2.26. The van der Waals surface area contributed by atoms with E-state index in [0.29, 0.717) is 13.2 Å². The number of alkyl halides is 2. The lowest BCUT2D eigenvalue weighted by Crippen LogP contribution is -2.45. The number of ether oxygens (including phenoxy) is 1. The minimum atomic E-state index is -2.34. The van der Waals surface area contributed by atoms with E-state index in [4.69, 9.17) is 4.74 Å². The summed E-state index contributed by atoms with van der Waals surface area (Å²) in [5.41, 5.74) is 0. The molecule has 1 heterocycles. The van der Waals surface area contributed by atoms with Gasteiger partial charge in [-0.3, -0.25) is 4.90 Å². The molecule has 0 amide bonds. The zero-order valence-corrected chi connectivity index (χ0v) is 6.59. The highest BCUT2D eigenvalue weighted by Crippen LogP contribution is 2.11. The van der Waals surface area contributed by atoms with Crippen molar-refractivity contribution in [1.29, 1.82) is 0 Å². The van der Waals surface area contributed by atoms with Crippen molar-refractivity contribution in [2.45, 2.75) is 19.5 Å². The zero-order chi connectivity index (χ0) is 8.27. The third-order valence-corrected chi connectivity index (χ3v) is 1.91. The van der Waals surface area contributed by atoms with E-state index in [1.54, 1.807) is 0 Å². The molecule has 0 bridgehead atoms. The molecule has 2 nitrogen and oxygen atoms in total. The van der Waals surface area contributed by atoms with Gasteiger partial charge in [0.15, 0.2) is 0 Å². The molecule has 1 fully saturated rings. The average Bonchev–Trinajstić information content (AvgIpc) is 2.05. The lowest BCUT2D eigenvalue weighted by atomic mass is 10.3. The first-order chi connectivity index (χ1) is 5.24. The van der Waals surface area contributed by atoms with E-state index in [2.05, 4.69) is 0 Å². The molecule has 1 unspecified atom stereocenters. The van der Waals surface area contributed by atoms with Crippen LogP contribution >= 0.6 is 0 Å². The van der Waals surface area contributed by atoms with Crippen molar-refractivity contribution in [3.63, 3.8) is 0 Å². The molecule has 0 radical (unpaired) electrons. The van der Waals surface area contributed by atoms with Crippen molar-refractivity contribution in [3.05, 3.63) is 0 Å². The first-order valence-corrected chi connectivity index (χ1v) is 3.86. The molecular weight excluding hydrogens is 152 g/mol. The summed E-state index contributed by atoms with van der Waals surface area (Å²) >= 11 is 0. The van der Waals surface area contributed by atoms with Crippen LogP contribution in [-0.2, 0) is 4.74 Å². The molecule has 4 heteroatoms. The third-order valence-electron chi connectivity index (χ3n) is 1.91. The Morgan fingerprint density at radius 2 is 2.36 bits per heavy atom. The summed E-state index contributed by atoms with van der Waals surface area (Å²) in [6.45, 7) is 4.37. The van der Waals surface area contributed by atoms with Crippen molar-refractivity contribution in [2.75, 3.05) is 26.2 Å². The van der Waals surface area contributed by atoms with Crippen molar-refractivity contribution < 1.29 is 13.5 Å². The highest BCUT2D eigenvalue weighted by molar-refractivity contribution is 4.71. The van der Waals surface area contributed by atoms with E-state index in [0.717, 1.165) is 13.1 Å². The highest BCUT2D eigenvalue weighted by atomic mass is 19.3. The largest absolute Gasteiger partial charge is 0.370 e. The van der Waals surface area contributed by atoms with Gasteiger partial charge in [0.25, 0.3) is 6.43 Å². The first kappa shape index (κ1) is 8.87. The van der Waals surface area contributed by atoms with Gasteiger partial charge in [0.2, 0.25) is 0 Å². The Morgan fingerprint density at radius 1 is 1.64 bits per heavy atom. The Kier molecular flexibility index (Phi) is 3.20. The van der Waals surface area contributed by atoms with Crippen LogP contribution in [0.1, 0.15) is 6.92 Å². The monoisotopic (exact) mass is 165 g/mol. The number of rotatable bonds is 2. The zero-order valence-electron chi connectivity index (χ0n) is 6.59. The van der Waals surface area contributed by atoms with Crippen molar-refractivity contribution in [2.24, 2.45) is 0 Å². The summed E-state index contributed by atoms with van der Waals surface area (Å²) < 4.78 is 29.0. The lowest BCUT2D eigenvalue weighted by molar-refractivity contribution is -0.101. The fraction of sp³-hybridized carbons (Fsp3) is 1.00. The van der Waals surface area contributed by atoms with E-state index in [1.165, 1.54) is 0 Å². The molecule has 66 valence electrons. The lowest BCUT2D eigenvalue weighted by Gasteiger charge is -2.31. The van der Waals surface area contributed by atoms with Gasteiger partial charge < -0.3 is 4.74 Å². The van der Waals surface area contributed by atoms with Gasteiger partial charge in [-0.2, -0.15) is 0 Å². The SMILES string of the molecule is CCN1CCOC(C(F)F)C1. The summed E-state index contributed by atoms with van der Waals surface area (Å²) in [6, 6.07) is 0. The predicted molar refractivity (Wildman–Crippen MR) is 37.9 cm³/mol. The van der Waals surface area contributed by atoms with E-state index in [9.17, 15) is 8.78 Å². The number of halogens is 2. The van der Waals surface area contributed by atoms with Gasteiger partial charge in [-0.1, -0.05) is 6.92 Å². The quantitative estimate of drug-likeness (QED) is 0.604. The van der Waals surface area contributed by atoms with Crippen molar-refractivity contribution in [1.82, 2.24) is 4.90 Å². The van der Waals surface area contributed by atoms with Crippen LogP contribution in [0.4, 0.5) is 8.78 Å². The number of nitrogens with zero attached hydrogens (tertiary/aromatic N) is 1. The first-order valence-electron chi connectivity index (χ1n) is 3.86. The summed E-state index contributed by atoms with van der Waals surface area (Å²) in [6.07, 6.45) is -3.21. The van der Waals surface area contributed by atoms with Crippen LogP contribution in [-0.4, -0.2) is 43.7 Å². The Balaban J connectivity index is 2.33. The summed E-state index contributed by atoms with van der Waals surface area (Å²) in [4.78, 5) is 1.97. The Bertz CT molecular complexity index is 121. The van der Waals surface area contributed by atoms with E-state index < -0.39 is 12.5 Å². The topological polar surface area (TPSA) is 12.5 Å². The standard InChI is InChI=1S/C7H13F2NO/c1-2-10-3-4-11-6(5-10)7(8)9/h6-7H,2-5H2,1H3. The molecule has 0 saturated carbocycles. The van der Waals surface area contributed by atoms with Gasteiger partial charge in [0.05, 0.1) is 6.61 Å². The van der Waals surface area contributed by atoms with Crippen LogP contribution in [0.15, 0.2) is 0 Å². The molecule has 0 aliphatic carbocycles. The minimum absolute atomic E-state index is 0.369. The second kappa shape index (κ2) is 3.97. The molecular formula is C7H13F2NO. The third kappa shape index (κ3) is 2.38. The molecule has 0 N–H and O–H groups in total. The Hall–Kier alpha value is -0.220. The molecule has 1 rings (SSSR count). The second-order valence-corrected chi connectivity index (χ2v) is 2.64. The normalized spacial score (nSPS) is 27.8. The molecule has 1 atom stereocenters. The number of likely N-dealkylation sites (N-methyl/N-ethyl adjacent to an activating group) is 1. The molecule has 11 heavy (non-hydrogen) atoms. The molecule has 0 aromatic heterocycles. The summed E-state index contributed by atoms with van der Waals surface area (Å²) in [5.74, 6) is 0. The van der Waals surface area contributed by atoms with Gasteiger partial charge in [-0.15, -0.1) is 0 Å². The maximum absolute atomic E-state index is 12.1. The number of hydrogen-bond acceptors (Lipinski definition) is 2. The fourth-order valence-electron chi connectivity index (χ4n) is 1.17. The van der Waals surface area contributed by atoms with Crippen LogP contribution in [0.2, 0.25) is 0 Å². The smallest absolute Gasteiger partial charge is 0.265 e. The van der Waals surface area contributed by atoms with Gasteiger partial charge >= 0.3 is 0 Å². The van der Waals surface area contributed by atoms with Gasteiger partial charge in [0, 0.05) is 13.1 Å². The van der Waals surface area contributed by atoms with E-state index >= 15 is 0 Å². The Morgan fingerprint density at radius 3 is 2.91 bits per heavy atom. The molecule has 0 spiro atoms. The van der Waals surface area contributed by atoms with Crippen LogP contribution in [0.25, 0.3) is 0 Å². The maximum Gasteiger partial charge on any atom is 0.265 e. The van der Waals surface area contributed by atoms with Crippen LogP contribution in [0.3, 0.4) is 0 Å². The molecule has 1 aliphatic heterocycles. The van der Waals surface area contributed by atoms with Crippen LogP contribution in [0, 0.1) is 0 Å². The van der Waals surface area contributed by atoms with Gasteiger partial charge in [-0.25, -0.2) is 8.78 Å². The number of hydrogen-bond donors (Lipinski definition) is 0. The van der Waals surface area contributed by atoms with Gasteiger partial charge in [-0.05, 0) is 6.54 Å². The fourth-order valence-corrected chi connectivity index (χ4v) is 1.17. The number of morpholine rings is 1. The van der Waals surface area contributed by atoms with Gasteiger partial charge in [0.1, 0.15) is 6.10 Å². The Labute approximate surface area is 65.1 Å². The van der Waals surface area contributed by atoms with Crippen molar-refractivity contribution >= 4 is 0 Å². The van der Waals surface area contributed by atoms with Crippen LogP contribution in [0.5, 0.6) is 0 Å². The minimum Gasteiger partial charge on any atom is -0.370 e. The van der Waals surface area contributed by atoms with Crippen molar-refractivity contribution in [3.8, 4) is 0 Å². The van der Waals surface area contributed by atoms with E-state index in [-0.39, 0.29) is 0 Å². The average molecular weight is 165 g/mol. The molecule has 0 aromatic rings. The molecule has 0 aromatic carbocycles. The van der Waals surface area contributed by atoms with Crippen LogP contribution < -0.4 is 0 Å². The summed E-state index contributed by atoms with van der Waals surface area (Å²) in [5, 5.41) is 0. The molecule has 1 aliphatic rings.